The van der Waals surface area contributed by atoms with Gasteiger partial charge in [0.15, 0.2) is 0 Å². The fraction of sp³-hybridized carbons (Fsp3) is 0.182. The summed E-state index contributed by atoms with van der Waals surface area (Å²) >= 11 is 6.11. The molecule has 4 aromatic rings. The maximum absolute atomic E-state index is 14.0. The number of hydrogen-bond acceptors (Lipinski definition) is 4. The lowest BCUT2D eigenvalue weighted by Crippen LogP contribution is -2.36. The van der Waals surface area contributed by atoms with Crippen molar-refractivity contribution < 1.29 is 4.39 Å². The second kappa shape index (κ2) is 7.46. The fourth-order valence-electron chi connectivity index (χ4n) is 3.97. The molecule has 146 valence electrons. The zero-order valence-electron chi connectivity index (χ0n) is 15.6. The molecule has 0 saturated heterocycles. The fourth-order valence-corrected chi connectivity index (χ4v) is 4.14. The van der Waals surface area contributed by atoms with Crippen molar-refractivity contribution in [3.63, 3.8) is 0 Å². The standard InChI is InChI=1S/C22H19ClFN5/c23-22-27-20-17(8-9-25-20)21(28-22)26-19-13-29(11-14-4-2-1-3-5-14)12-15-6-7-16(24)10-18(15)19/h1-10,19H,11-13H2,(H2,25,26,27,28). The minimum absolute atomic E-state index is 0.123. The van der Waals surface area contributed by atoms with E-state index in [4.69, 9.17) is 11.6 Å². The molecule has 5 rings (SSSR count). The van der Waals surface area contributed by atoms with Crippen LogP contribution in [0.1, 0.15) is 22.7 Å². The molecule has 3 heterocycles. The number of halogens is 2. The number of rotatable bonds is 4. The number of aromatic amines is 1. The van der Waals surface area contributed by atoms with Crippen molar-refractivity contribution in [2.45, 2.75) is 19.1 Å². The molecule has 1 aliphatic rings. The molecule has 5 nitrogen and oxygen atoms in total. The number of anilines is 1. The molecule has 0 aliphatic carbocycles. The molecule has 1 atom stereocenters. The maximum Gasteiger partial charge on any atom is 0.226 e. The van der Waals surface area contributed by atoms with E-state index in [0.717, 1.165) is 36.1 Å². The smallest absolute Gasteiger partial charge is 0.226 e. The van der Waals surface area contributed by atoms with Crippen molar-refractivity contribution in [3.05, 3.63) is 88.6 Å². The van der Waals surface area contributed by atoms with Crippen molar-refractivity contribution in [2.24, 2.45) is 0 Å². The molecule has 29 heavy (non-hydrogen) atoms. The van der Waals surface area contributed by atoms with Gasteiger partial charge in [-0.15, -0.1) is 0 Å². The van der Waals surface area contributed by atoms with Crippen LogP contribution >= 0.6 is 11.6 Å². The number of nitrogens with one attached hydrogen (secondary N) is 2. The van der Waals surface area contributed by atoms with E-state index in [9.17, 15) is 4.39 Å². The molecule has 2 aromatic carbocycles. The van der Waals surface area contributed by atoms with E-state index in [2.05, 4.69) is 37.3 Å². The summed E-state index contributed by atoms with van der Waals surface area (Å²) in [5.74, 6) is 0.405. The van der Waals surface area contributed by atoms with Gasteiger partial charge in [-0.1, -0.05) is 36.4 Å². The summed E-state index contributed by atoms with van der Waals surface area (Å²) in [4.78, 5) is 14.0. The van der Waals surface area contributed by atoms with Crippen LogP contribution in [-0.2, 0) is 13.1 Å². The highest BCUT2D eigenvalue weighted by molar-refractivity contribution is 6.28. The van der Waals surface area contributed by atoms with Crippen LogP contribution in [0.4, 0.5) is 10.2 Å². The first-order chi connectivity index (χ1) is 14.2. The van der Waals surface area contributed by atoms with E-state index in [1.807, 2.05) is 30.3 Å². The predicted molar refractivity (Wildman–Crippen MR) is 112 cm³/mol. The zero-order chi connectivity index (χ0) is 19.8. The maximum atomic E-state index is 14.0. The number of hydrogen-bond donors (Lipinski definition) is 2. The van der Waals surface area contributed by atoms with Crippen LogP contribution in [0, 0.1) is 5.82 Å². The second-order valence-corrected chi connectivity index (χ2v) is 7.61. The molecule has 1 unspecified atom stereocenters. The molecule has 0 bridgehead atoms. The van der Waals surface area contributed by atoms with Crippen LogP contribution in [-0.4, -0.2) is 26.4 Å². The normalized spacial score (nSPS) is 16.7. The average molecular weight is 408 g/mol. The lowest BCUT2D eigenvalue weighted by molar-refractivity contribution is 0.228. The summed E-state index contributed by atoms with van der Waals surface area (Å²) in [7, 11) is 0. The number of aromatic nitrogens is 3. The summed E-state index contributed by atoms with van der Waals surface area (Å²) in [5, 5.41) is 4.51. The van der Waals surface area contributed by atoms with Gasteiger partial charge in [-0.05, 0) is 46.5 Å². The van der Waals surface area contributed by atoms with Crippen LogP contribution in [0.15, 0.2) is 60.8 Å². The predicted octanol–water partition coefficient (Wildman–Crippen LogP) is 4.92. The van der Waals surface area contributed by atoms with E-state index < -0.39 is 0 Å². The van der Waals surface area contributed by atoms with E-state index in [-0.39, 0.29) is 17.1 Å². The van der Waals surface area contributed by atoms with E-state index >= 15 is 0 Å². The number of fused-ring (bicyclic) bond motifs is 2. The van der Waals surface area contributed by atoms with Crippen molar-refractivity contribution in [1.29, 1.82) is 0 Å². The number of nitrogens with zero attached hydrogens (tertiary/aromatic N) is 3. The van der Waals surface area contributed by atoms with Gasteiger partial charge >= 0.3 is 0 Å². The monoisotopic (exact) mass is 407 g/mol. The van der Waals surface area contributed by atoms with Crippen LogP contribution in [0.2, 0.25) is 5.28 Å². The molecule has 7 heteroatoms. The molecular formula is C22H19ClFN5. The minimum Gasteiger partial charge on any atom is -0.361 e. The van der Waals surface area contributed by atoms with Gasteiger partial charge < -0.3 is 10.3 Å². The molecule has 0 spiro atoms. The SMILES string of the molecule is Fc1ccc2c(c1)C(Nc1nc(Cl)nc3[nH]ccc13)CN(Cc1ccccc1)C2. The molecule has 0 saturated carbocycles. The number of H-pyrrole nitrogens is 1. The van der Waals surface area contributed by atoms with E-state index in [0.29, 0.717) is 11.5 Å². The van der Waals surface area contributed by atoms with Gasteiger partial charge in [0.05, 0.1) is 11.4 Å². The Morgan fingerprint density at radius 3 is 2.86 bits per heavy atom. The van der Waals surface area contributed by atoms with Gasteiger partial charge in [0.2, 0.25) is 5.28 Å². The summed E-state index contributed by atoms with van der Waals surface area (Å²) in [5.41, 5.74) is 3.98. The molecule has 0 radical (unpaired) electrons. The van der Waals surface area contributed by atoms with Crippen molar-refractivity contribution in [2.75, 3.05) is 11.9 Å². The Morgan fingerprint density at radius 2 is 2.00 bits per heavy atom. The Labute approximate surface area is 172 Å². The third-order valence-electron chi connectivity index (χ3n) is 5.27. The first-order valence-corrected chi connectivity index (χ1v) is 9.85. The van der Waals surface area contributed by atoms with E-state index in [1.54, 1.807) is 12.3 Å². The van der Waals surface area contributed by atoms with Crippen LogP contribution in [0.3, 0.4) is 0 Å². The molecule has 0 amide bonds. The Kier molecular flexibility index (Phi) is 4.66. The Hall–Kier alpha value is -2.96. The van der Waals surface area contributed by atoms with Crippen molar-refractivity contribution >= 4 is 28.5 Å². The van der Waals surface area contributed by atoms with Gasteiger partial charge in [0, 0.05) is 25.8 Å². The van der Waals surface area contributed by atoms with Crippen molar-refractivity contribution in [1.82, 2.24) is 19.9 Å². The highest BCUT2D eigenvalue weighted by Gasteiger charge is 2.27. The summed E-state index contributed by atoms with van der Waals surface area (Å²) in [6.07, 6.45) is 1.80. The number of benzene rings is 2. The van der Waals surface area contributed by atoms with Gasteiger partial charge in [-0.25, -0.2) is 9.37 Å². The minimum atomic E-state index is -0.237. The van der Waals surface area contributed by atoms with Crippen LogP contribution in [0.25, 0.3) is 11.0 Å². The Bertz CT molecular complexity index is 1160. The van der Waals surface area contributed by atoms with E-state index in [1.165, 1.54) is 11.6 Å². The molecule has 2 aromatic heterocycles. The van der Waals surface area contributed by atoms with Crippen molar-refractivity contribution in [3.8, 4) is 0 Å². The summed E-state index contributed by atoms with van der Waals surface area (Å²) < 4.78 is 14.0. The summed E-state index contributed by atoms with van der Waals surface area (Å²) in [6, 6.07) is 17.1. The largest absolute Gasteiger partial charge is 0.361 e. The Morgan fingerprint density at radius 1 is 1.14 bits per heavy atom. The third-order valence-corrected chi connectivity index (χ3v) is 5.44. The van der Waals surface area contributed by atoms with Gasteiger partial charge in [0.25, 0.3) is 0 Å². The Balaban J connectivity index is 1.49. The molecular weight excluding hydrogens is 389 g/mol. The lowest BCUT2D eigenvalue weighted by Gasteiger charge is -2.35. The van der Waals surface area contributed by atoms with Gasteiger partial charge in [-0.3, -0.25) is 4.90 Å². The van der Waals surface area contributed by atoms with Crippen LogP contribution < -0.4 is 5.32 Å². The quantitative estimate of drug-likeness (QED) is 0.471. The highest BCUT2D eigenvalue weighted by atomic mass is 35.5. The molecule has 1 aliphatic heterocycles. The van der Waals surface area contributed by atoms with Gasteiger partial charge in [0.1, 0.15) is 17.3 Å². The first-order valence-electron chi connectivity index (χ1n) is 9.47. The topological polar surface area (TPSA) is 56.8 Å². The molecule has 0 fully saturated rings. The molecule has 2 N–H and O–H groups in total. The second-order valence-electron chi connectivity index (χ2n) is 7.28. The highest BCUT2D eigenvalue weighted by Crippen LogP contribution is 2.32. The average Bonchev–Trinajstić information content (AvgIpc) is 3.18. The first kappa shape index (κ1) is 18.1. The third kappa shape index (κ3) is 3.69. The van der Waals surface area contributed by atoms with Gasteiger partial charge in [-0.2, -0.15) is 4.98 Å². The zero-order valence-corrected chi connectivity index (χ0v) is 16.3. The van der Waals surface area contributed by atoms with Crippen LogP contribution in [0.5, 0.6) is 0 Å². The lowest BCUT2D eigenvalue weighted by atomic mass is 9.94. The summed E-state index contributed by atoms with van der Waals surface area (Å²) in [6.45, 7) is 2.31.